The third-order valence-corrected chi connectivity index (χ3v) is 3.25. The number of aryl methyl sites for hydroxylation is 2. The fraction of sp³-hybridized carbons (Fsp3) is 0.176. The van der Waals surface area contributed by atoms with Crippen LogP contribution >= 0.6 is 0 Å². The predicted octanol–water partition coefficient (Wildman–Crippen LogP) is 3.30. The highest BCUT2D eigenvalue weighted by Crippen LogP contribution is 2.16. The minimum Gasteiger partial charge on any atom is -0.332 e. The van der Waals surface area contributed by atoms with Crippen molar-refractivity contribution in [2.45, 2.75) is 19.9 Å². The maximum Gasteiger partial charge on any atom is 0.253 e. The molecule has 0 fully saturated rings. The number of hydrogen-bond acceptors (Lipinski definition) is 2. The van der Waals surface area contributed by atoms with Gasteiger partial charge in [-0.3, -0.25) is 4.79 Å². The zero-order valence-electron chi connectivity index (χ0n) is 11.6. The maximum atomic E-state index is 12.4. The van der Waals surface area contributed by atoms with Crippen LogP contribution in [0.1, 0.15) is 33.1 Å². The minimum absolute atomic E-state index is 0.212. The predicted molar refractivity (Wildman–Crippen MR) is 78.2 cm³/mol. The lowest BCUT2D eigenvalue weighted by Gasteiger charge is -2.14. The zero-order chi connectivity index (χ0) is 14.5. The van der Waals surface area contributed by atoms with Gasteiger partial charge in [0, 0.05) is 5.56 Å². The SMILES string of the molecule is Cc1cccc(C)c1C(=O)NC(C#N)c1ccccc1. The molecule has 2 rings (SSSR count). The molecule has 1 unspecified atom stereocenters. The van der Waals surface area contributed by atoms with E-state index >= 15 is 0 Å². The molecule has 3 heteroatoms. The summed E-state index contributed by atoms with van der Waals surface area (Å²) >= 11 is 0. The van der Waals surface area contributed by atoms with E-state index in [4.69, 9.17) is 0 Å². The van der Waals surface area contributed by atoms with Gasteiger partial charge in [-0.05, 0) is 30.5 Å². The quantitative estimate of drug-likeness (QED) is 0.924. The van der Waals surface area contributed by atoms with Crippen molar-refractivity contribution in [1.29, 1.82) is 5.26 Å². The molecule has 0 heterocycles. The highest BCUT2D eigenvalue weighted by Gasteiger charge is 2.17. The number of benzene rings is 2. The lowest BCUT2D eigenvalue weighted by Crippen LogP contribution is -2.28. The lowest BCUT2D eigenvalue weighted by molar-refractivity contribution is 0.0944. The van der Waals surface area contributed by atoms with Crippen LogP contribution in [0.15, 0.2) is 48.5 Å². The molecule has 0 aromatic heterocycles. The first-order valence-electron chi connectivity index (χ1n) is 6.45. The fourth-order valence-corrected chi connectivity index (χ4v) is 2.21. The smallest absolute Gasteiger partial charge is 0.253 e. The van der Waals surface area contributed by atoms with Gasteiger partial charge >= 0.3 is 0 Å². The van der Waals surface area contributed by atoms with E-state index in [0.717, 1.165) is 16.7 Å². The largest absolute Gasteiger partial charge is 0.332 e. The van der Waals surface area contributed by atoms with E-state index in [1.807, 2.05) is 62.4 Å². The molecule has 0 saturated heterocycles. The number of nitriles is 1. The summed E-state index contributed by atoms with van der Waals surface area (Å²) in [6, 6.07) is 16.4. The zero-order valence-corrected chi connectivity index (χ0v) is 11.6. The number of hydrogen-bond donors (Lipinski definition) is 1. The standard InChI is InChI=1S/C17H16N2O/c1-12-7-6-8-13(2)16(12)17(20)19-15(11-18)14-9-4-3-5-10-14/h3-10,15H,1-2H3,(H,19,20). The molecule has 20 heavy (non-hydrogen) atoms. The van der Waals surface area contributed by atoms with E-state index in [0.29, 0.717) is 5.56 Å². The molecule has 0 aliphatic rings. The Balaban J connectivity index is 2.25. The molecule has 0 aliphatic carbocycles. The van der Waals surface area contributed by atoms with E-state index in [-0.39, 0.29) is 5.91 Å². The molecule has 3 nitrogen and oxygen atoms in total. The van der Waals surface area contributed by atoms with E-state index in [9.17, 15) is 10.1 Å². The number of nitrogens with one attached hydrogen (secondary N) is 1. The molecular weight excluding hydrogens is 248 g/mol. The Hall–Kier alpha value is -2.60. The summed E-state index contributed by atoms with van der Waals surface area (Å²) in [4.78, 5) is 12.4. The van der Waals surface area contributed by atoms with Crippen LogP contribution < -0.4 is 5.32 Å². The molecule has 0 radical (unpaired) electrons. The summed E-state index contributed by atoms with van der Waals surface area (Å²) in [6.07, 6.45) is 0. The monoisotopic (exact) mass is 264 g/mol. The van der Waals surface area contributed by atoms with Gasteiger partial charge in [0.25, 0.3) is 5.91 Å². The van der Waals surface area contributed by atoms with Crippen LogP contribution in [0.25, 0.3) is 0 Å². The normalized spacial score (nSPS) is 11.4. The average Bonchev–Trinajstić information content (AvgIpc) is 2.45. The molecule has 100 valence electrons. The second-order valence-electron chi connectivity index (χ2n) is 4.71. The van der Waals surface area contributed by atoms with Gasteiger partial charge in [-0.15, -0.1) is 0 Å². The van der Waals surface area contributed by atoms with E-state index < -0.39 is 6.04 Å². The Kier molecular flexibility index (Phi) is 4.17. The number of rotatable bonds is 3. The van der Waals surface area contributed by atoms with E-state index in [2.05, 4.69) is 11.4 Å². The molecule has 1 amide bonds. The average molecular weight is 264 g/mol. The van der Waals surface area contributed by atoms with Crippen LogP contribution in [0.3, 0.4) is 0 Å². The summed E-state index contributed by atoms with van der Waals surface area (Å²) < 4.78 is 0. The van der Waals surface area contributed by atoms with Crippen molar-refractivity contribution in [3.05, 3.63) is 70.8 Å². The van der Waals surface area contributed by atoms with Gasteiger partial charge in [0.05, 0.1) is 6.07 Å². The van der Waals surface area contributed by atoms with Crippen molar-refractivity contribution in [3.63, 3.8) is 0 Å². The van der Waals surface area contributed by atoms with Gasteiger partial charge in [0.2, 0.25) is 0 Å². The minimum atomic E-state index is -0.636. The van der Waals surface area contributed by atoms with Crippen molar-refractivity contribution in [1.82, 2.24) is 5.32 Å². The molecule has 1 N–H and O–H groups in total. The summed E-state index contributed by atoms with van der Waals surface area (Å²) in [7, 11) is 0. The highest BCUT2D eigenvalue weighted by molar-refractivity contribution is 5.97. The molecule has 0 bridgehead atoms. The van der Waals surface area contributed by atoms with Crippen LogP contribution in [0.5, 0.6) is 0 Å². The number of carbonyl (C=O) groups is 1. The molecule has 0 saturated carbocycles. The molecule has 0 spiro atoms. The van der Waals surface area contributed by atoms with Crippen LogP contribution in [-0.4, -0.2) is 5.91 Å². The lowest BCUT2D eigenvalue weighted by atomic mass is 10.0. The number of carbonyl (C=O) groups excluding carboxylic acids is 1. The van der Waals surface area contributed by atoms with Crippen molar-refractivity contribution in [3.8, 4) is 6.07 Å². The number of amides is 1. The fourth-order valence-electron chi connectivity index (χ4n) is 2.21. The topological polar surface area (TPSA) is 52.9 Å². The first-order valence-corrected chi connectivity index (χ1v) is 6.45. The van der Waals surface area contributed by atoms with Gasteiger partial charge in [-0.1, -0.05) is 48.5 Å². The van der Waals surface area contributed by atoms with Gasteiger partial charge in [0.1, 0.15) is 6.04 Å². The molecular formula is C17H16N2O. The molecule has 0 aliphatic heterocycles. The third-order valence-electron chi connectivity index (χ3n) is 3.25. The van der Waals surface area contributed by atoms with Crippen molar-refractivity contribution in [2.24, 2.45) is 0 Å². The van der Waals surface area contributed by atoms with Crippen molar-refractivity contribution >= 4 is 5.91 Å². The highest BCUT2D eigenvalue weighted by atomic mass is 16.1. The van der Waals surface area contributed by atoms with Gasteiger partial charge in [-0.2, -0.15) is 5.26 Å². The summed E-state index contributed by atoms with van der Waals surface area (Å²) in [5.41, 5.74) is 3.25. The first kappa shape index (κ1) is 13.8. The van der Waals surface area contributed by atoms with Gasteiger partial charge in [0.15, 0.2) is 0 Å². The number of nitrogens with zero attached hydrogens (tertiary/aromatic N) is 1. The summed E-state index contributed by atoms with van der Waals surface area (Å²) in [5.74, 6) is -0.212. The van der Waals surface area contributed by atoms with Crippen LogP contribution in [0, 0.1) is 25.2 Å². The Morgan fingerprint density at radius 2 is 1.65 bits per heavy atom. The first-order chi connectivity index (χ1) is 9.63. The van der Waals surface area contributed by atoms with Crippen LogP contribution in [0.2, 0.25) is 0 Å². The Morgan fingerprint density at radius 3 is 2.20 bits per heavy atom. The van der Waals surface area contributed by atoms with Gasteiger partial charge in [-0.25, -0.2) is 0 Å². The molecule has 2 aromatic rings. The Bertz CT molecular complexity index is 636. The summed E-state index contributed by atoms with van der Waals surface area (Å²) in [6.45, 7) is 3.79. The molecule has 1 atom stereocenters. The molecule has 2 aromatic carbocycles. The van der Waals surface area contributed by atoms with Gasteiger partial charge < -0.3 is 5.32 Å². The third kappa shape index (κ3) is 2.86. The second kappa shape index (κ2) is 6.03. The van der Waals surface area contributed by atoms with E-state index in [1.165, 1.54) is 0 Å². The van der Waals surface area contributed by atoms with E-state index in [1.54, 1.807) is 0 Å². The van der Waals surface area contributed by atoms with Crippen molar-refractivity contribution in [2.75, 3.05) is 0 Å². The Labute approximate surface area is 118 Å². The van der Waals surface area contributed by atoms with Crippen LogP contribution in [-0.2, 0) is 0 Å². The second-order valence-corrected chi connectivity index (χ2v) is 4.71. The van der Waals surface area contributed by atoms with Crippen LogP contribution in [0.4, 0.5) is 0 Å². The Morgan fingerprint density at radius 1 is 1.05 bits per heavy atom. The van der Waals surface area contributed by atoms with Crippen molar-refractivity contribution < 1.29 is 4.79 Å². The maximum absolute atomic E-state index is 12.4. The summed E-state index contributed by atoms with van der Waals surface area (Å²) in [5, 5.41) is 12.0.